The molecule has 0 aromatic carbocycles. The summed E-state index contributed by atoms with van der Waals surface area (Å²) in [7, 11) is 0. The molecular weight excluding hydrogens is 276 g/mol. The second kappa shape index (κ2) is 7.59. The van der Waals surface area contributed by atoms with Crippen LogP contribution in [0.2, 0.25) is 0 Å². The summed E-state index contributed by atoms with van der Waals surface area (Å²) in [6.45, 7) is 6.95. The maximum Gasteiger partial charge on any atom is 0.306 e. The van der Waals surface area contributed by atoms with Gasteiger partial charge in [-0.25, -0.2) is 4.98 Å². The second-order valence-electron chi connectivity index (χ2n) is 4.77. The lowest BCUT2D eigenvalue weighted by Gasteiger charge is -2.32. The van der Waals surface area contributed by atoms with Gasteiger partial charge in [0.25, 0.3) is 0 Å². The lowest BCUT2D eigenvalue weighted by Crippen LogP contribution is -2.42. The van der Waals surface area contributed by atoms with E-state index in [9.17, 15) is 4.79 Å². The summed E-state index contributed by atoms with van der Waals surface area (Å²) >= 11 is 1.64. The number of hydrogen-bond donors (Lipinski definition) is 0. The summed E-state index contributed by atoms with van der Waals surface area (Å²) in [5.41, 5.74) is 0.970. The number of carbonyl (C=O) groups is 1. The number of nitrogens with zero attached hydrogens (tertiary/aromatic N) is 2. The Morgan fingerprint density at radius 2 is 2.45 bits per heavy atom. The molecule has 20 heavy (non-hydrogen) atoms. The Labute approximate surface area is 123 Å². The molecule has 1 aromatic rings. The second-order valence-corrected chi connectivity index (χ2v) is 5.61. The van der Waals surface area contributed by atoms with E-state index in [0.29, 0.717) is 25.6 Å². The standard InChI is InChI=1S/C14H22N2O3S/c1-3-12-9-16(7-8-19-12)14-15-11(10-20-14)5-6-13(17)18-4-2/h10,12H,3-9H2,1-2H3. The van der Waals surface area contributed by atoms with Gasteiger partial charge in [-0.05, 0) is 13.3 Å². The molecule has 0 N–H and O–H groups in total. The predicted octanol–water partition coefficient (Wildman–Crippen LogP) is 2.25. The molecule has 1 aromatic heterocycles. The van der Waals surface area contributed by atoms with E-state index < -0.39 is 0 Å². The van der Waals surface area contributed by atoms with Gasteiger partial charge in [-0.15, -0.1) is 11.3 Å². The fourth-order valence-electron chi connectivity index (χ4n) is 2.16. The number of aryl methyl sites for hydroxylation is 1. The van der Waals surface area contributed by atoms with Gasteiger partial charge in [0.1, 0.15) is 0 Å². The number of hydrogen-bond acceptors (Lipinski definition) is 6. The molecular formula is C14H22N2O3S. The number of anilines is 1. The van der Waals surface area contributed by atoms with E-state index >= 15 is 0 Å². The smallest absolute Gasteiger partial charge is 0.306 e. The molecule has 112 valence electrons. The zero-order chi connectivity index (χ0) is 14.4. The molecule has 1 unspecified atom stereocenters. The first kappa shape index (κ1) is 15.3. The molecule has 1 atom stereocenters. The molecule has 1 fully saturated rings. The number of morpholine rings is 1. The third-order valence-electron chi connectivity index (χ3n) is 3.29. The van der Waals surface area contributed by atoms with Crippen molar-refractivity contribution in [3.05, 3.63) is 11.1 Å². The van der Waals surface area contributed by atoms with Crippen molar-refractivity contribution >= 4 is 22.4 Å². The normalized spacial score (nSPS) is 19.1. The maximum atomic E-state index is 11.3. The molecule has 2 heterocycles. The van der Waals surface area contributed by atoms with Crippen LogP contribution in [-0.2, 0) is 20.7 Å². The van der Waals surface area contributed by atoms with Crippen molar-refractivity contribution in [1.82, 2.24) is 4.98 Å². The van der Waals surface area contributed by atoms with Crippen molar-refractivity contribution in [2.75, 3.05) is 31.2 Å². The summed E-state index contributed by atoms with van der Waals surface area (Å²) < 4.78 is 10.6. The van der Waals surface area contributed by atoms with E-state index in [1.54, 1.807) is 11.3 Å². The molecule has 0 bridgehead atoms. The quantitative estimate of drug-likeness (QED) is 0.754. The number of thiazole rings is 1. The Bertz CT molecular complexity index is 436. The SMILES string of the molecule is CCOC(=O)CCc1csc(N2CCOC(CC)C2)n1. The summed E-state index contributed by atoms with van der Waals surface area (Å²) in [5.74, 6) is -0.153. The molecule has 2 rings (SSSR count). The first-order valence-corrected chi connectivity index (χ1v) is 8.07. The van der Waals surface area contributed by atoms with Crippen LogP contribution in [0, 0.1) is 0 Å². The highest BCUT2D eigenvalue weighted by atomic mass is 32.1. The topological polar surface area (TPSA) is 51.7 Å². The average molecular weight is 298 g/mol. The van der Waals surface area contributed by atoms with E-state index in [4.69, 9.17) is 9.47 Å². The van der Waals surface area contributed by atoms with E-state index in [1.165, 1.54) is 0 Å². The van der Waals surface area contributed by atoms with Gasteiger partial charge in [0.2, 0.25) is 0 Å². The van der Waals surface area contributed by atoms with Gasteiger partial charge in [0.15, 0.2) is 5.13 Å². The van der Waals surface area contributed by atoms with Crippen LogP contribution in [0.15, 0.2) is 5.38 Å². The van der Waals surface area contributed by atoms with Gasteiger partial charge in [-0.3, -0.25) is 4.79 Å². The first-order chi connectivity index (χ1) is 9.72. The van der Waals surface area contributed by atoms with Crippen molar-refractivity contribution in [1.29, 1.82) is 0 Å². The highest BCUT2D eigenvalue weighted by Crippen LogP contribution is 2.24. The van der Waals surface area contributed by atoms with Crippen LogP contribution in [0.25, 0.3) is 0 Å². The highest BCUT2D eigenvalue weighted by Gasteiger charge is 2.21. The van der Waals surface area contributed by atoms with Crippen molar-refractivity contribution in [2.45, 2.75) is 39.2 Å². The van der Waals surface area contributed by atoms with E-state index in [-0.39, 0.29) is 5.97 Å². The Kier molecular flexibility index (Phi) is 5.79. The molecule has 0 saturated carbocycles. The number of aromatic nitrogens is 1. The van der Waals surface area contributed by atoms with Gasteiger partial charge in [-0.1, -0.05) is 6.92 Å². The number of carbonyl (C=O) groups excluding carboxylic acids is 1. The zero-order valence-corrected chi connectivity index (χ0v) is 12.9. The third kappa shape index (κ3) is 4.18. The third-order valence-corrected chi connectivity index (χ3v) is 4.25. The highest BCUT2D eigenvalue weighted by molar-refractivity contribution is 7.13. The zero-order valence-electron chi connectivity index (χ0n) is 12.1. The lowest BCUT2D eigenvalue weighted by molar-refractivity contribution is -0.143. The molecule has 1 aliphatic heterocycles. The van der Waals surface area contributed by atoms with Gasteiger partial charge in [-0.2, -0.15) is 0 Å². The summed E-state index contributed by atoms with van der Waals surface area (Å²) in [4.78, 5) is 18.2. The minimum absolute atomic E-state index is 0.153. The van der Waals surface area contributed by atoms with Gasteiger partial charge in [0, 0.05) is 24.9 Å². The van der Waals surface area contributed by atoms with Crippen molar-refractivity contribution in [3.8, 4) is 0 Å². The van der Waals surface area contributed by atoms with Crippen LogP contribution in [0.5, 0.6) is 0 Å². The van der Waals surface area contributed by atoms with Crippen LogP contribution in [-0.4, -0.2) is 43.4 Å². The molecule has 0 amide bonds. The molecule has 0 radical (unpaired) electrons. The Morgan fingerprint density at radius 3 is 3.20 bits per heavy atom. The molecule has 5 nitrogen and oxygen atoms in total. The molecule has 1 saturated heterocycles. The molecule has 1 aliphatic rings. The van der Waals surface area contributed by atoms with Crippen LogP contribution in [0.1, 0.15) is 32.4 Å². The van der Waals surface area contributed by atoms with E-state index in [1.807, 2.05) is 12.3 Å². The summed E-state index contributed by atoms with van der Waals surface area (Å²) in [5, 5.41) is 3.07. The van der Waals surface area contributed by atoms with Crippen molar-refractivity contribution in [3.63, 3.8) is 0 Å². The Balaban J connectivity index is 1.86. The minimum atomic E-state index is -0.153. The van der Waals surface area contributed by atoms with Gasteiger partial charge >= 0.3 is 5.97 Å². The van der Waals surface area contributed by atoms with E-state index in [0.717, 1.165) is 36.9 Å². The number of rotatable bonds is 6. The molecule has 6 heteroatoms. The van der Waals surface area contributed by atoms with E-state index in [2.05, 4.69) is 16.8 Å². The van der Waals surface area contributed by atoms with Crippen molar-refractivity contribution in [2.24, 2.45) is 0 Å². The molecule has 0 spiro atoms. The monoisotopic (exact) mass is 298 g/mol. The summed E-state index contributed by atoms with van der Waals surface area (Å²) in [6, 6.07) is 0. The van der Waals surface area contributed by atoms with Crippen molar-refractivity contribution < 1.29 is 14.3 Å². The van der Waals surface area contributed by atoms with Crippen LogP contribution in [0.4, 0.5) is 5.13 Å². The first-order valence-electron chi connectivity index (χ1n) is 7.19. The molecule has 0 aliphatic carbocycles. The fourth-order valence-corrected chi connectivity index (χ4v) is 3.06. The number of ether oxygens (including phenoxy) is 2. The minimum Gasteiger partial charge on any atom is -0.466 e. The van der Waals surface area contributed by atoms with Crippen LogP contribution in [0.3, 0.4) is 0 Å². The van der Waals surface area contributed by atoms with Crippen LogP contribution >= 0.6 is 11.3 Å². The summed E-state index contributed by atoms with van der Waals surface area (Å²) in [6.07, 6.45) is 2.38. The Hall–Kier alpha value is -1.14. The fraction of sp³-hybridized carbons (Fsp3) is 0.714. The van der Waals surface area contributed by atoms with Gasteiger partial charge in [0.05, 0.1) is 31.4 Å². The average Bonchev–Trinajstić information content (AvgIpc) is 2.94. The van der Waals surface area contributed by atoms with Gasteiger partial charge < -0.3 is 14.4 Å². The number of esters is 1. The maximum absolute atomic E-state index is 11.3. The predicted molar refractivity (Wildman–Crippen MR) is 79.3 cm³/mol. The lowest BCUT2D eigenvalue weighted by atomic mass is 10.2. The largest absolute Gasteiger partial charge is 0.466 e. The van der Waals surface area contributed by atoms with Crippen LogP contribution < -0.4 is 4.90 Å². The Morgan fingerprint density at radius 1 is 1.60 bits per heavy atom.